The fourth-order valence-corrected chi connectivity index (χ4v) is 2.13. The highest BCUT2D eigenvalue weighted by atomic mass is 19.4. The average Bonchev–Trinajstić information content (AvgIpc) is 2.29. The summed E-state index contributed by atoms with van der Waals surface area (Å²) in [5, 5.41) is 12.8. The topological polar surface area (TPSA) is 32.3 Å². The Balaban J connectivity index is 2.31. The normalized spacial score (nSPS) is 21.5. The first-order valence-corrected chi connectivity index (χ1v) is 5.62. The van der Waals surface area contributed by atoms with E-state index in [2.05, 4.69) is 5.32 Å². The van der Waals surface area contributed by atoms with Crippen LogP contribution in [0, 0.1) is 0 Å². The molecule has 1 atom stereocenters. The van der Waals surface area contributed by atoms with Crippen LogP contribution in [0.5, 0.6) is 5.75 Å². The van der Waals surface area contributed by atoms with Crippen LogP contribution in [0.4, 0.5) is 13.2 Å². The number of aromatic hydroxyl groups is 1. The summed E-state index contributed by atoms with van der Waals surface area (Å²) < 4.78 is 37.7. The van der Waals surface area contributed by atoms with Gasteiger partial charge in [-0.15, -0.1) is 0 Å². The lowest BCUT2D eigenvalue weighted by Crippen LogP contribution is -2.27. The number of piperidine rings is 1. The second-order valence-electron chi connectivity index (χ2n) is 4.27. The Morgan fingerprint density at radius 3 is 2.59 bits per heavy atom. The minimum atomic E-state index is -4.36. The maximum absolute atomic E-state index is 12.6. The van der Waals surface area contributed by atoms with Gasteiger partial charge in [-0.25, -0.2) is 0 Å². The third-order valence-corrected chi connectivity index (χ3v) is 3.04. The van der Waals surface area contributed by atoms with Crippen LogP contribution in [0.15, 0.2) is 18.2 Å². The van der Waals surface area contributed by atoms with Gasteiger partial charge in [0.25, 0.3) is 0 Å². The molecule has 1 aromatic carbocycles. The Morgan fingerprint density at radius 1 is 1.24 bits per heavy atom. The second kappa shape index (κ2) is 4.56. The van der Waals surface area contributed by atoms with E-state index in [4.69, 9.17) is 0 Å². The van der Waals surface area contributed by atoms with E-state index in [1.807, 2.05) is 0 Å². The molecule has 0 bridgehead atoms. The highest BCUT2D eigenvalue weighted by Crippen LogP contribution is 2.36. The molecule has 0 amide bonds. The van der Waals surface area contributed by atoms with Crippen LogP contribution in [0.2, 0.25) is 0 Å². The van der Waals surface area contributed by atoms with Gasteiger partial charge in [-0.2, -0.15) is 13.2 Å². The van der Waals surface area contributed by atoms with Crippen molar-refractivity contribution in [3.8, 4) is 5.75 Å². The molecule has 1 saturated heterocycles. The van der Waals surface area contributed by atoms with E-state index in [1.54, 1.807) is 0 Å². The number of nitrogens with one attached hydrogen (secondary N) is 1. The minimum Gasteiger partial charge on any atom is -0.508 e. The number of hydrogen-bond acceptors (Lipinski definition) is 2. The molecule has 2 rings (SSSR count). The number of alkyl halides is 3. The summed E-state index contributed by atoms with van der Waals surface area (Å²) in [4.78, 5) is 0. The molecule has 1 aliphatic heterocycles. The molecule has 2 N–H and O–H groups in total. The Bertz CT molecular complexity index is 397. The van der Waals surface area contributed by atoms with Gasteiger partial charge in [0.2, 0.25) is 0 Å². The number of rotatable bonds is 1. The third-order valence-electron chi connectivity index (χ3n) is 3.04. The van der Waals surface area contributed by atoms with Crippen LogP contribution in [0.1, 0.15) is 36.4 Å². The van der Waals surface area contributed by atoms with E-state index in [1.165, 1.54) is 0 Å². The molecule has 2 nitrogen and oxygen atoms in total. The first-order chi connectivity index (χ1) is 7.98. The average molecular weight is 245 g/mol. The Labute approximate surface area is 97.5 Å². The van der Waals surface area contributed by atoms with Gasteiger partial charge in [-0.05, 0) is 37.6 Å². The summed E-state index contributed by atoms with van der Waals surface area (Å²) in [5.41, 5.74) is -0.364. The van der Waals surface area contributed by atoms with Gasteiger partial charge in [-0.3, -0.25) is 0 Å². The third kappa shape index (κ3) is 2.72. The van der Waals surface area contributed by atoms with Crippen LogP contribution >= 0.6 is 0 Å². The van der Waals surface area contributed by atoms with Gasteiger partial charge in [0.15, 0.2) is 0 Å². The van der Waals surface area contributed by atoms with Gasteiger partial charge in [-0.1, -0.05) is 6.42 Å². The van der Waals surface area contributed by atoms with Gasteiger partial charge in [0.05, 0.1) is 5.56 Å². The summed E-state index contributed by atoms with van der Waals surface area (Å²) in [6.07, 6.45) is -1.62. The Kier molecular flexibility index (Phi) is 3.28. The highest BCUT2D eigenvalue weighted by Gasteiger charge is 2.32. The van der Waals surface area contributed by atoms with Crippen molar-refractivity contribution < 1.29 is 18.3 Å². The number of phenols is 1. The van der Waals surface area contributed by atoms with E-state index >= 15 is 0 Å². The van der Waals surface area contributed by atoms with Gasteiger partial charge in [0.1, 0.15) is 5.75 Å². The predicted molar refractivity (Wildman–Crippen MR) is 57.7 cm³/mol. The van der Waals surface area contributed by atoms with Crippen molar-refractivity contribution in [2.45, 2.75) is 31.5 Å². The molecule has 5 heteroatoms. The number of halogens is 3. The Morgan fingerprint density at radius 2 is 2.00 bits per heavy atom. The molecule has 94 valence electrons. The van der Waals surface area contributed by atoms with Crippen molar-refractivity contribution in [2.75, 3.05) is 6.54 Å². The van der Waals surface area contributed by atoms with Gasteiger partial charge >= 0.3 is 6.18 Å². The van der Waals surface area contributed by atoms with Crippen LogP contribution in [0.3, 0.4) is 0 Å². The fourth-order valence-electron chi connectivity index (χ4n) is 2.13. The summed E-state index contributed by atoms with van der Waals surface area (Å²) in [6, 6.07) is 2.89. The smallest absolute Gasteiger partial charge is 0.416 e. The van der Waals surface area contributed by atoms with E-state index in [9.17, 15) is 18.3 Å². The van der Waals surface area contributed by atoms with Crippen molar-refractivity contribution in [1.82, 2.24) is 5.32 Å². The molecular formula is C12H14F3NO. The van der Waals surface area contributed by atoms with Crippen LogP contribution in [-0.2, 0) is 6.18 Å². The van der Waals surface area contributed by atoms with Crippen LogP contribution in [0.25, 0.3) is 0 Å². The Hall–Kier alpha value is -1.23. The van der Waals surface area contributed by atoms with Crippen molar-refractivity contribution >= 4 is 0 Å². The lowest BCUT2D eigenvalue weighted by Gasteiger charge is -2.25. The molecule has 1 aliphatic rings. The maximum Gasteiger partial charge on any atom is 0.416 e. The first-order valence-electron chi connectivity index (χ1n) is 5.62. The zero-order valence-electron chi connectivity index (χ0n) is 9.22. The standard InChI is InChI=1S/C12H14F3NO/c13-12(14,15)8-4-5-11(17)9(7-8)10-3-1-2-6-16-10/h4-5,7,10,16-17H,1-3,6H2/t10-/m1/s1. The van der Waals surface area contributed by atoms with Crippen molar-refractivity contribution in [2.24, 2.45) is 0 Å². The van der Waals surface area contributed by atoms with Crippen molar-refractivity contribution in [3.63, 3.8) is 0 Å². The summed E-state index contributed by atoms with van der Waals surface area (Å²) in [7, 11) is 0. The molecule has 0 spiro atoms. The highest BCUT2D eigenvalue weighted by molar-refractivity contribution is 5.39. The maximum atomic E-state index is 12.6. The molecule has 1 aromatic rings. The molecule has 0 radical (unpaired) electrons. The molecular weight excluding hydrogens is 231 g/mol. The number of hydrogen-bond donors (Lipinski definition) is 2. The van der Waals surface area contributed by atoms with Crippen LogP contribution in [-0.4, -0.2) is 11.7 Å². The molecule has 0 aliphatic carbocycles. The summed E-state index contributed by atoms with van der Waals surface area (Å²) in [6.45, 7) is 0.778. The zero-order chi connectivity index (χ0) is 12.5. The quantitative estimate of drug-likeness (QED) is 0.796. The fraction of sp³-hybridized carbons (Fsp3) is 0.500. The largest absolute Gasteiger partial charge is 0.508 e. The van der Waals surface area contributed by atoms with Gasteiger partial charge < -0.3 is 10.4 Å². The molecule has 0 aromatic heterocycles. The molecule has 0 unspecified atom stereocenters. The van der Waals surface area contributed by atoms with Crippen molar-refractivity contribution in [3.05, 3.63) is 29.3 Å². The number of phenolic OH excluding ortho intramolecular Hbond substituents is 1. The van der Waals surface area contributed by atoms with E-state index in [0.29, 0.717) is 5.56 Å². The SMILES string of the molecule is Oc1ccc(C(F)(F)F)cc1[C@H]1CCCCN1. The molecule has 17 heavy (non-hydrogen) atoms. The molecule has 1 heterocycles. The first kappa shape index (κ1) is 12.2. The van der Waals surface area contributed by atoms with Gasteiger partial charge in [0, 0.05) is 11.6 Å². The zero-order valence-corrected chi connectivity index (χ0v) is 9.22. The monoisotopic (exact) mass is 245 g/mol. The predicted octanol–water partition coefficient (Wildman–Crippen LogP) is 3.23. The lowest BCUT2D eigenvalue weighted by molar-refractivity contribution is -0.137. The van der Waals surface area contributed by atoms with E-state index < -0.39 is 11.7 Å². The lowest BCUT2D eigenvalue weighted by atomic mass is 9.95. The number of benzene rings is 1. The molecule has 0 saturated carbocycles. The van der Waals surface area contributed by atoms with Crippen molar-refractivity contribution in [1.29, 1.82) is 0 Å². The second-order valence-corrected chi connectivity index (χ2v) is 4.27. The van der Waals surface area contributed by atoms with E-state index in [-0.39, 0.29) is 11.8 Å². The minimum absolute atomic E-state index is 0.0719. The summed E-state index contributed by atoms with van der Waals surface area (Å²) >= 11 is 0. The summed E-state index contributed by atoms with van der Waals surface area (Å²) in [5.74, 6) is -0.0719. The molecule has 1 fully saturated rings. The van der Waals surface area contributed by atoms with Crippen LogP contribution < -0.4 is 5.32 Å². The van der Waals surface area contributed by atoms with E-state index in [0.717, 1.165) is 44.0 Å².